The van der Waals surface area contributed by atoms with Gasteiger partial charge in [0.25, 0.3) is 5.69 Å². The second-order valence-corrected chi connectivity index (χ2v) is 3.47. The van der Waals surface area contributed by atoms with E-state index in [-0.39, 0.29) is 10.6 Å². The Bertz CT molecular complexity index is 524. The second kappa shape index (κ2) is 4.10. The van der Waals surface area contributed by atoms with Gasteiger partial charge in [0, 0.05) is 18.0 Å². The van der Waals surface area contributed by atoms with Gasteiger partial charge in [-0.3, -0.25) is 15.1 Å². The molecule has 0 spiro atoms. The fourth-order valence-corrected chi connectivity index (χ4v) is 1.54. The van der Waals surface area contributed by atoms with Gasteiger partial charge in [-0.25, -0.2) is 0 Å². The van der Waals surface area contributed by atoms with Crippen molar-refractivity contribution in [2.75, 3.05) is 0 Å². The van der Waals surface area contributed by atoms with E-state index in [1.165, 1.54) is 6.07 Å². The molecule has 0 aliphatic carbocycles. The lowest BCUT2D eigenvalue weighted by Gasteiger charge is -2.03. The minimum Gasteiger partial charge on any atom is -0.260 e. The predicted octanol–water partition coefficient (Wildman–Crippen LogP) is 2.97. The Morgan fingerprint density at radius 2 is 1.94 bits per heavy atom. The van der Waals surface area contributed by atoms with Gasteiger partial charge in [-0.2, -0.15) is 0 Å². The first-order chi connectivity index (χ1) is 7.68. The van der Waals surface area contributed by atoms with E-state index >= 15 is 0 Å². The van der Waals surface area contributed by atoms with Gasteiger partial charge in [-0.05, 0) is 12.5 Å². The van der Waals surface area contributed by atoms with Crippen LogP contribution in [0.2, 0.25) is 0 Å². The minimum absolute atomic E-state index is 0.0960. The zero-order valence-corrected chi connectivity index (χ0v) is 8.75. The van der Waals surface area contributed by atoms with Gasteiger partial charge in [-0.15, -0.1) is 0 Å². The minimum atomic E-state index is -0.378. The maximum Gasteiger partial charge on any atom is 0.280 e. The smallest absolute Gasteiger partial charge is 0.260 e. The lowest BCUT2D eigenvalue weighted by Crippen LogP contribution is -1.94. The first-order valence-electron chi connectivity index (χ1n) is 4.85. The van der Waals surface area contributed by atoms with Crippen molar-refractivity contribution in [2.45, 2.75) is 6.92 Å². The van der Waals surface area contributed by atoms with Crippen LogP contribution in [0, 0.1) is 17.0 Å². The molecule has 0 radical (unpaired) electrons. The molecule has 4 heteroatoms. The SMILES string of the molecule is Cc1cc([N+](=O)[O-])c(-c2ccccc2)cn1. The van der Waals surface area contributed by atoms with Gasteiger partial charge < -0.3 is 0 Å². The number of hydrogen-bond acceptors (Lipinski definition) is 3. The number of hydrogen-bond donors (Lipinski definition) is 0. The normalized spacial score (nSPS) is 10.1. The first kappa shape index (κ1) is 10.3. The average molecular weight is 214 g/mol. The Balaban J connectivity index is 2.61. The summed E-state index contributed by atoms with van der Waals surface area (Å²) < 4.78 is 0. The zero-order valence-electron chi connectivity index (χ0n) is 8.75. The summed E-state index contributed by atoms with van der Waals surface area (Å²) in [5, 5.41) is 10.9. The fraction of sp³-hybridized carbons (Fsp3) is 0.0833. The van der Waals surface area contributed by atoms with Crippen LogP contribution in [0.3, 0.4) is 0 Å². The van der Waals surface area contributed by atoms with Crippen molar-refractivity contribution in [1.82, 2.24) is 4.98 Å². The van der Waals surface area contributed by atoms with Gasteiger partial charge in [0.2, 0.25) is 0 Å². The Morgan fingerprint density at radius 1 is 1.25 bits per heavy atom. The number of benzene rings is 1. The van der Waals surface area contributed by atoms with Crippen molar-refractivity contribution < 1.29 is 4.92 Å². The Hall–Kier alpha value is -2.23. The molecule has 2 rings (SSSR count). The molecular weight excluding hydrogens is 204 g/mol. The van der Waals surface area contributed by atoms with E-state index in [2.05, 4.69) is 4.98 Å². The van der Waals surface area contributed by atoms with Crippen LogP contribution >= 0.6 is 0 Å². The highest BCUT2D eigenvalue weighted by Crippen LogP contribution is 2.28. The highest BCUT2D eigenvalue weighted by atomic mass is 16.6. The van der Waals surface area contributed by atoms with Crippen molar-refractivity contribution >= 4 is 5.69 Å². The molecule has 0 aliphatic rings. The van der Waals surface area contributed by atoms with Crippen molar-refractivity contribution in [1.29, 1.82) is 0 Å². The number of aryl methyl sites for hydroxylation is 1. The van der Waals surface area contributed by atoms with Crippen LogP contribution in [0.4, 0.5) is 5.69 Å². The van der Waals surface area contributed by atoms with E-state index in [0.717, 1.165) is 5.56 Å². The van der Waals surface area contributed by atoms with Crippen LogP contribution in [0.1, 0.15) is 5.69 Å². The molecule has 1 aromatic heterocycles. The number of rotatable bonds is 2. The lowest BCUT2D eigenvalue weighted by molar-refractivity contribution is -0.384. The van der Waals surface area contributed by atoms with Gasteiger partial charge in [0.15, 0.2) is 0 Å². The van der Waals surface area contributed by atoms with Crippen LogP contribution in [0.15, 0.2) is 42.6 Å². The molecule has 0 unspecified atom stereocenters. The molecule has 0 bridgehead atoms. The quantitative estimate of drug-likeness (QED) is 0.570. The van der Waals surface area contributed by atoms with Crippen molar-refractivity contribution in [3.63, 3.8) is 0 Å². The van der Waals surface area contributed by atoms with Crippen LogP contribution in [-0.2, 0) is 0 Å². The number of nitro groups is 1. The average Bonchev–Trinajstić information content (AvgIpc) is 2.30. The Labute approximate surface area is 92.7 Å². The number of aromatic nitrogens is 1. The molecular formula is C12H10N2O2. The van der Waals surface area contributed by atoms with E-state index < -0.39 is 0 Å². The molecule has 2 aromatic rings. The predicted molar refractivity (Wildman–Crippen MR) is 61.1 cm³/mol. The van der Waals surface area contributed by atoms with Crippen LogP contribution in [0.5, 0.6) is 0 Å². The van der Waals surface area contributed by atoms with E-state index in [1.807, 2.05) is 30.3 Å². The Morgan fingerprint density at radius 3 is 2.56 bits per heavy atom. The first-order valence-corrected chi connectivity index (χ1v) is 4.85. The van der Waals surface area contributed by atoms with Crippen LogP contribution in [-0.4, -0.2) is 9.91 Å². The van der Waals surface area contributed by atoms with E-state index in [4.69, 9.17) is 0 Å². The number of pyridine rings is 1. The number of nitrogens with zero attached hydrogens (tertiary/aromatic N) is 2. The summed E-state index contributed by atoms with van der Waals surface area (Å²) in [7, 11) is 0. The molecule has 0 fully saturated rings. The van der Waals surface area contributed by atoms with E-state index in [0.29, 0.717) is 11.3 Å². The highest BCUT2D eigenvalue weighted by Gasteiger charge is 2.15. The third-order valence-electron chi connectivity index (χ3n) is 2.30. The fourth-order valence-electron chi connectivity index (χ4n) is 1.54. The molecule has 0 saturated heterocycles. The highest BCUT2D eigenvalue weighted by molar-refractivity contribution is 5.72. The third kappa shape index (κ3) is 1.91. The maximum absolute atomic E-state index is 10.9. The molecule has 0 amide bonds. The second-order valence-electron chi connectivity index (χ2n) is 3.47. The van der Waals surface area contributed by atoms with Crippen molar-refractivity contribution in [2.24, 2.45) is 0 Å². The monoisotopic (exact) mass is 214 g/mol. The molecule has 4 nitrogen and oxygen atoms in total. The molecule has 1 heterocycles. The van der Waals surface area contributed by atoms with Gasteiger partial charge in [0.05, 0.1) is 10.5 Å². The summed E-state index contributed by atoms with van der Waals surface area (Å²) in [6.07, 6.45) is 1.54. The topological polar surface area (TPSA) is 56.0 Å². The lowest BCUT2D eigenvalue weighted by atomic mass is 10.1. The van der Waals surface area contributed by atoms with Crippen LogP contribution < -0.4 is 0 Å². The van der Waals surface area contributed by atoms with Gasteiger partial charge in [-0.1, -0.05) is 30.3 Å². The summed E-state index contributed by atoms with van der Waals surface area (Å²) in [4.78, 5) is 14.6. The molecule has 16 heavy (non-hydrogen) atoms. The molecule has 0 saturated carbocycles. The van der Waals surface area contributed by atoms with Crippen molar-refractivity contribution in [3.05, 3.63) is 58.4 Å². The zero-order chi connectivity index (χ0) is 11.5. The third-order valence-corrected chi connectivity index (χ3v) is 2.30. The molecule has 0 atom stereocenters. The summed E-state index contributed by atoms with van der Waals surface area (Å²) in [5.41, 5.74) is 2.10. The molecule has 0 aliphatic heterocycles. The molecule has 1 aromatic carbocycles. The van der Waals surface area contributed by atoms with E-state index in [9.17, 15) is 10.1 Å². The standard InChI is InChI=1S/C12H10N2O2/c1-9-7-12(14(15)16)11(8-13-9)10-5-3-2-4-6-10/h2-8H,1H3. The molecule has 0 N–H and O–H groups in total. The summed E-state index contributed by atoms with van der Waals surface area (Å²) in [5.74, 6) is 0. The van der Waals surface area contributed by atoms with E-state index in [1.54, 1.807) is 13.1 Å². The summed E-state index contributed by atoms with van der Waals surface area (Å²) in [6, 6.07) is 10.7. The Kier molecular flexibility index (Phi) is 2.64. The summed E-state index contributed by atoms with van der Waals surface area (Å²) in [6.45, 7) is 1.74. The van der Waals surface area contributed by atoms with Crippen molar-refractivity contribution in [3.8, 4) is 11.1 Å². The summed E-state index contributed by atoms with van der Waals surface area (Å²) >= 11 is 0. The van der Waals surface area contributed by atoms with Gasteiger partial charge in [0.1, 0.15) is 0 Å². The van der Waals surface area contributed by atoms with Gasteiger partial charge >= 0.3 is 0 Å². The molecule has 80 valence electrons. The largest absolute Gasteiger partial charge is 0.280 e. The van der Waals surface area contributed by atoms with Crippen LogP contribution in [0.25, 0.3) is 11.1 Å². The maximum atomic E-state index is 10.9.